The van der Waals surface area contributed by atoms with E-state index in [0.717, 1.165) is 12.8 Å². The number of rotatable bonds is 3. The Morgan fingerprint density at radius 3 is 2.85 bits per heavy atom. The molecule has 3 heteroatoms. The highest BCUT2D eigenvalue weighted by atomic mass is 15.3. The quantitative estimate of drug-likeness (QED) is 0.921. The Morgan fingerprint density at radius 1 is 1.15 bits per heavy atom. The van der Waals surface area contributed by atoms with Gasteiger partial charge in [-0.15, -0.1) is 0 Å². The second kappa shape index (κ2) is 4.97. The molecule has 4 rings (SSSR count). The minimum Gasteiger partial charge on any atom is -0.381 e. The third kappa shape index (κ3) is 2.21. The summed E-state index contributed by atoms with van der Waals surface area (Å²) in [6.07, 6.45) is 9.63. The standard InChI is InChI=1S/C17H21N3/c1-4-8-17-13(5-1)11-15(18-17)12-14-9-10-20(19-14)16-6-2-3-7-16/h1,4-5,8-10,15-16,18H,2-3,6-7,11-12H2. The van der Waals surface area contributed by atoms with Gasteiger partial charge in [0.05, 0.1) is 11.7 Å². The van der Waals surface area contributed by atoms with Crippen molar-refractivity contribution in [2.75, 3.05) is 5.32 Å². The molecule has 0 amide bonds. The van der Waals surface area contributed by atoms with Crippen LogP contribution in [0.5, 0.6) is 0 Å². The Morgan fingerprint density at radius 2 is 2.00 bits per heavy atom. The monoisotopic (exact) mass is 267 g/mol. The van der Waals surface area contributed by atoms with E-state index in [1.54, 1.807) is 0 Å². The lowest BCUT2D eigenvalue weighted by Gasteiger charge is -2.11. The van der Waals surface area contributed by atoms with Crippen molar-refractivity contribution in [3.05, 3.63) is 47.8 Å². The summed E-state index contributed by atoms with van der Waals surface area (Å²) in [4.78, 5) is 0. The second-order valence-electron chi connectivity index (χ2n) is 6.13. The highest BCUT2D eigenvalue weighted by molar-refractivity contribution is 5.56. The molecule has 0 saturated heterocycles. The van der Waals surface area contributed by atoms with Gasteiger partial charge in [-0.25, -0.2) is 0 Å². The first-order valence-electron chi connectivity index (χ1n) is 7.77. The van der Waals surface area contributed by atoms with Crippen molar-refractivity contribution in [2.24, 2.45) is 0 Å². The molecule has 3 nitrogen and oxygen atoms in total. The number of nitrogens with one attached hydrogen (secondary N) is 1. The highest BCUT2D eigenvalue weighted by Crippen LogP contribution is 2.30. The van der Waals surface area contributed by atoms with Gasteiger partial charge < -0.3 is 5.32 Å². The van der Waals surface area contributed by atoms with Crippen molar-refractivity contribution >= 4 is 5.69 Å². The number of nitrogens with zero attached hydrogens (tertiary/aromatic N) is 2. The van der Waals surface area contributed by atoms with E-state index in [2.05, 4.69) is 46.5 Å². The van der Waals surface area contributed by atoms with Gasteiger partial charge in [-0.05, 0) is 37.0 Å². The van der Waals surface area contributed by atoms with Crippen molar-refractivity contribution in [2.45, 2.75) is 50.6 Å². The highest BCUT2D eigenvalue weighted by Gasteiger charge is 2.22. The first kappa shape index (κ1) is 12.0. The maximum Gasteiger partial charge on any atom is 0.0645 e. The Labute approximate surface area is 120 Å². The van der Waals surface area contributed by atoms with Gasteiger partial charge in [0.1, 0.15) is 0 Å². The van der Waals surface area contributed by atoms with E-state index >= 15 is 0 Å². The lowest BCUT2D eigenvalue weighted by molar-refractivity contribution is 0.461. The molecule has 0 spiro atoms. The number of hydrogen-bond donors (Lipinski definition) is 1. The molecule has 1 aliphatic carbocycles. The SMILES string of the molecule is c1ccc2c(c1)CC(Cc1ccn(C3CCCC3)n1)N2. The summed E-state index contributed by atoms with van der Waals surface area (Å²) in [7, 11) is 0. The molecule has 1 aromatic heterocycles. The van der Waals surface area contributed by atoms with Gasteiger partial charge in [0.25, 0.3) is 0 Å². The molecule has 2 heterocycles. The molecule has 0 radical (unpaired) electrons. The largest absolute Gasteiger partial charge is 0.381 e. The maximum absolute atomic E-state index is 4.80. The molecule has 104 valence electrons. The van der Waals surface area contributed by atoms with E-state index in [-0.39, 0.29) is 0 Å². The van der Waals surface area contributed by atoms with E-state index in [9.17, 15) is 0 Å². The number of anilines is 1. The molecule has 1 aromatic carbocycles. The summed E-state index contributed by atoms with van der Waals surface area (Å²) in [6, 6.07) is 12.0. The number of para-hydroxylation sites is 1. The summed E-state index contributed by atoms with van der Waals surface area (Å²) in [5.41, 5.74) is 3.96. The summed E-state index contributed by atoms with van der Waals surface area (Å²) in [5, 5.41) is 8.41. The van der Waals surface area contributed by atoms with Crippen molar-refractivity contribution < 1.29 is 0 Å². The van der Waals surface area contributed by atoms with Crippen molar-refractivity contribution in [3.8, 4) is 0 Å². The molecule has 1 fully saturated rings. The number of fused-ring (bicyclic) bond motifs is 1. The zero-order chi connectivity index (χ0) is 13.4. The molecule has 20 heavy (non-hydrogen) atoms. The van der Waals surface area contributed by atoms with Crippen LogP contribution in [0.1, 0.15) is 43.0 Å². The lowest BCUT2D eigenvalue weighted by atomic mass is 10.1. The molecule has 0 bridgehead atoms. The molecule has 1 N–H and O–H groups in total. The molecule has 1 atom stereocenters. The summed E-state index contributed by atoms with van der Waals surface area (Å²) in [5.74, 6) is 0. The van der Waals surface area contributed by atoms with Crippen LogP contribution in [0.4, 0.5) is 5.69 Å². The second-order valence-corrected chi connectivity index (χ2v) is 6.13. The van der Waals surface area contributed by atoms with Gasteiger partial charge in [0, 0.05) is 24.3 Å². The van der Waals surface area contributed by atoms with Crippen molar-refractivity contribution in [3.63, 3.8) is 0 Å². The zero-order valence-electron chi connectivity index (χ0n) is 11.8. The average molecular weight is 267 g/mol. The lowest BCUT2D eigenvalue weighted by Crippen LogP contribution is -2.19. The van der Waals surface area contributed by atoms with Gasteiger partial charge in [0.2, 0.25) is 0 Å². The van der Waals surface area contributed by atoms with Crippen LogP contribution in [0.15, 0.2) is 36.5 Å². The van der Waals surface area contributed by atoms with E-state index < -0.39 is 0 Å². The molecule has 1 saturated carbocycles. The Kier molecular flexibility index (Phi) is 2.98. The minimum atomic E-state index is 0.499. The van der Waals surface area contributed by atoms with E-state index in [1.165, 1.54) is 42.6 Å². The van der Waals surface area contributed by atoms with Crippen LogP contribution >= 0.6 is 0 Å². The molecular formula is C17H21N3. The predicted octanol–water partition coefficient (Wildman–Crippen LogP) is 3.58. The van der Waals surface area contributed by atoms with Gasteiger partial charge in [0.15, 0.2) is 0 Å². The van der Waals surface area contributed by atoms with E-state index in [1.807, 2.05) is 0 Å². The number of hydrogen-bond acceptors (Lipinski definition) is 2. The predicted molar refractivity (Wildman–Crippen MR) is 81.0 cm³/mol. The minimum absolute atomic E-state index is 0.499. The summed E-state index contributed by atoms with van der Waals surface area (Å²) >= 11 is 0. The van der Waals surface area contributed by atoms with Crippen LogP contribution in [0.25, 0.3) is 0 Å². The van der Waals surface area contributed by atoms with Gasteiger partial charge in [-0.2, -0.15) is 5.10 Å². The first-order valence-corrected chi connectivity index (χ1v) is 7.77. The molecule has 2 aliphatic rings. The topological polar surface area (TPSA) is 29.9 Å². The summed E-state index contributed by atoms with van der Waals surface area (Å²) in [6.45, 7) is 0. The fourth-order valence-corrected chi connectivity index (χ4v) is 3.61. The Hall–Kier alpha value is -1.77. The van der Waals surface area contributed by atoms with Crippen molar-refractivity contribution in [1.82, 2.24) is 9.78 Å². The number of benzene rings is 1. The third-order valence-electron chi connectivity index (χ3n) is 4.66. The third-order valence-corrected chi connectivity index (χ3v) is 4.66. The Balaban J connectivity index is 1.43. The number of aromatic nitrogens is 2. The van der Waals surface area contributed by atoms with Crippen LogP contribution in [-0.2, 0) is 12.8 Å². The van der Waals surface area contributed by atoms with Crippen molar-refractivity contribution in [1.29, 1.82) is 0 Å². The molecular weight excluding hydrogens is 246 g/mol. The van der Waals surface area contributed by atoms with Crippen LogP contribution < -0.4 is 5.32 Å². The Bertz CT molecular complexity index is 571. The zero-order valence-corrected chi connectivity index (χ0v) is 11.8. The maximum atomic E-state index is 4.80. The molecule has 2 aromatic rings. The van der Waals surface area contributed by atoms with E-state index in [4.69, 9.17) is 5.10 Å². The van der Waals surface area contributed by atoms with Gasteiger partial charge in [-0.3, -0.25) is 4.68 Å². The fraction of sp³-hybridized carbons (Fsp3) is 0.471. The van der Waals surface area contributed by atoms with Gasteiger partial charge >= 0.3 is 0 Å². The summed E-state index contributed by atoms with van der Waals surface area (Å²) < 4.78 is 2.20. The molecule has 1 unspecified atom stereocenters. The van der Waals surface area contributed by atoms with Crippen LogP contribution in [-0.4, -0.2) is 15.8 Å². The van der Waals surface area contributed by atoms with Gasteiger partial charge in [-0.1, -0.05) is 31.0 Å². The first-order chi connectivity index (χ1) is 9.88. The van der Waals surface area contributed by atoms with E-state index in [0.29, 0.717) is 12.1 Å². The fourth-order valence-electron chi connectivity index (χ4n) is 3.61. The average Bonchev–Trinajstić information content (AvgIpc) is 3.18. The smallest absolute Gasteiger partial charge is 0.0645 e. The van der Waals surface area contributed by atoms with Crippen LogP contribution in [0.2, 0.25) is 0 Å². The van der Waals surface area contributed by atoms with Crippen LogP contribution in [0.3, 0.4) is 0 Å². The normalized spacial score (nSPS) is 21.9. The van der Waals surface area contributed by atoms with Crippen LogP contribution in [0, 0.1) is 0 Å². The molecule has 1 aliphatic heterocycles.